The zero-order valence-corrected chi connectivity index (χ0v) is 17.7. The zero-order chi connectivity index (χ0) is 18.4. The molecule has 0 saturated carbocycles. The molecule has 6 nitrogen and oxygen atoms in total. The highest BCUT2D eigenvalue weighted by Crippen LogP contribution is 2.27. The van der Waals surface area contributed by atoms with Gasteiger partial charge in [-0.2, -0.15) is 0 Å². The Morgan fingerprint density at radius 1 is 0.958 bits per heavy atom. The molecule has 24 heavy (non-hydrogen) atoms. The molecule has 0 aromatic heterocycles. The van der Waals surface area contributed by atoms with Crippen molar-refractivity contribution in [3.63, 3.8) is 0 Å². The number of nitro benzene ring substituents is 1. The van der Waals surface area contributed by atoms with Gasteiger partial charge in [-0.05, 0) is 45.3 Å². The summed E-state index contributed by atoms with van der Waals surface area (Å²) < 4.78 is 11.8. The summed E-state index contributed by atoms with van der Waals surface area (Å²) in [7, 11) is -3.21. The maximum Gasteiger partial charge on any atom is 0.292 e. The second-order valence-electron chi connectivity index (χ2n) is 7.65. The Bertz CT molecular complexity index is 522. The van der Waals surface area contributed by atoms with Crippen LogP contribution in [0.2, 0.25) is 39.3 Å². The molecule has 0 saturated heterocycles. The maximum atomic E-state index is 11.3. The minimum absolute atomic E-state index is 0.124. The van der Waals surface area contributed by atoms with Crippen LogP contribution >= 0.6 is 0 Å². The molecule has 0 amide bonds. The van der Waals surface area contributed by atoms with Gasteiger partial charge in [-0.25, -0.2) is 0 Å². The van der Waals surface area contributed by atoms with Crippen molar-refractivity contribution < 1.29 is 13.8 Å². The first-order valence-corrected chi connectivity index (χ1v) is 15.1. The lowest BCUT2D eigenvalue weighted by Crippen LogP contribution is -2.37. The average Bonchev–Trinajstić information content (AvgIpc) is 2.43. The zero-order valence-electron chi connectivity index (χ0n) is 15.7. The molecule has 0 heterocycles. The van der Waals surface area contributed by atoms with Gasteiger partial charge in [-0.3, -0.25) is 10.1 Å². The van der Waals surface area contributed by atoms with E-state index in [0.29, 0.717) is 32.0 Å². The minimum Gasteiger partial charge on any atom is -0.416 e. The topological polar surface area (TPSA) is 64.8 Å². The number of nitro groups is 1. The lowest BCUT2D eigenvalue weighted by Gasteiger charge is -2.28. The third-order valence-electron chi connectivity index (χ3n) is 3.21. The van der Waals surface area contributed by atoms with Crippen LogP contribution in [0, 0.1) is 10.1 Å². The van der Waals surface area contributed by atoms with Gasteiger partial charge in [-0.1, -0.05) is 12.1 Å². The molecule has 0 atom stereocenters. The largest absolute Gasteiger partial charge is 0.416 e. The number of anilines is 1. The van der Waals surface area contributed by atoms with E-state index < -0.39 is 16.6 Å². The molecule has 136 valence electrons. The van der Waals surface area contributed by atoms with Gasteiger partial charge in [0.25, 0.3) is 5.69 Å². The Balaban J connectivity index is 2.86. The third-order valence-corrected chi connectivity index (χ3v) is 5.35. The van der Waals surface area contributed by atoms with Crippen molar-refractivity contribution in [3.05, 3.63) is 34.4 Å². The number of hydrogen-bond donors (Lipinski definition) is 0. The first kappa shape index (κ1) is 20.8. The lowest BCUT2D eigenvalue weighted by molar-refractivity contribution is -0.384. The molecular formula is C16H30N2O4Si2. The second-order valence-corrected chi connectivity index (χ2v) is 16.7. The van der Waals surface area contributed by atoms with Crippen LogP contribution in [0.4, 0.5) is 11.4 Å². The highest BCUT2D eigenvalue weighted by atomic mass is 28.4. The SMILES string of the molecule is C[Si](C)(C)OCCN(CCO[Si](C)(C)C)c1ccccc1[N+](=O)[O-]. The molecule has 0 unspecified atom stereocenters. The standard InChI is InChI=1S/C16H30N2O4Si2/c1-23(2,3)21-13-11-17(12-14-22-24(4,5)6)15-9-7-8-10-16(15)18(19)20/h7-10H,11-14H2,1-6H3. The number of benzene rings is 1. The fourth-order valence-corrected chi connectivity index (χ4v) is 3.57. The molecule has 0 fully saturated rings. The summed E-state index contributed by atoms with van der Waals surface area (Å²) in [5.41, 5.74) is 0.749. The smallest absolute Gasteiger partial charge is 0.292 e. The Kier molecular flexibility index (Phi) is 7.59. The molecule has 0 bridgehead atoms. The van der Waals surface area contributed by atoms with Crippen molar-refractivity contribution in [2.45, 2.75) is 39.3 Å². The molecule has 0 radical (unpaired) electrons. The molecule has 1 rings (SSSR count). The quantitative estimate of drug-likeness (QED) is 0.352. The van der Waals surface area contributed by atoms with E-state index in [0.717, 1.165) is 0 Å². The number of para-hydroxylation sites is 2. The van der Waals surface area contributed by atoms with Crippen LogP contribution in [0.25, 0.3) is 0 Å². The van der Waals surface area contributed by atoms with Crippen molar-refractivity contribution in [1.82, 2.24) is 0 Å². The van der Waals surface area contributed by atoms with Gasteiger partial charge >= 0.3 is 0 Å². The maximum absolute atomic E-state index is 11.3. The molecule has 8 heteroatoms. The van der Waals surface area contributed by atoms with Crippen LogP contribution in [0.15, 0.2) is 24.3 Å². The van der Waals surface area contributed by atoms with Gasteiger partial charge in [0.15, 0.2) is 16.6 Å². The molecule has 1 aromatic rings. The van der Waals surface area contributed by atoms with Gasteiger partial charge in [-0.15, -0.1) is 0 Å². The van der Waals surface area contributed by atoms with E-state index in [1.54, 1.807) is 18.2 Å². The van der Waals surface area contributed by atoms with Crippen LogP contribution < -0.4 is 4.90 Å². The fraction of sp³-hybridized carbons (Fsp3) is 0.625. The van der Waals surface area contributed by atoms with Crippen molar-refractivity contribution in [3.8, 4) is 0 Å². The normalized spacial score (nSPS) is 12.2. The first-order chi connectivity index (χ1) is 11.0. The van der Waals surface area contributed by atoms with Crippen LogP contribution in [-0.4, -0.2) is 47.9 Å². The van der Waals surface area contributed by atoms with E-state index in [4.69, 9.17) is 8.85 Å². The van der Waals surface area contributed by atoms with Crippen LogP contribution in [0.1, 0.15) is 0 Å². The van der Waals surface area contributed by atoms with E-state index in [9.17, 15) is 10.1 Å². The summed E-state index contributed by atoms with van der Waals surface area (Å²) in [6, 6.07) is 6.85. The third kappa shape index (κ3) is 8.05. The monoisotopic (exact) mass is 370 g/mol. The summed E-state index contributed by atoms with van der Waals surface area (Å²) in [4.78, 5) is 13.0. The summed E-state index contributed by atoms with van der Waals surface area (Å²) in [6.45, 7) is 15.2. The molecular weight excluding hydrogens is 340 g/mol. The lowest BCUT2D eigenvalue weighted by atomic mass is 10.2. The fourth-order valence-electron chi connectivity index (χ4n) is 2.16. The number of rotatable bonds is 10. The van der Waals surface area contributed by atoms with E-state index >= 15 is 0 Å². The van der Waals surface area contributed by atoms with Crippen LogP contribution in [-0.2, 0) is 8.85 Å². The van der Waals surface area contributed by atoms with E-state index in [1.807, 2.05) is 11.0 Å². The first-order valence-electron chi connectivity index (χ1n) is 8.26. The van der Waals surface area contributed by atoms with E-state index in [1.165, 1.54) is 0 Å². The van der Waals surface area contributed by atoms with Gasteiger partial charge < -0.3 is 13.8 Å². The van der Waals surface area contributed by atoms with Gasteiger partial charge in [0, 0.05) is 19.2 Å². The highest BCUT2D eigenvalue weighted by Gasteiger charge is 2.21. The predicted octanol–water partition coefficient (Wildman–Crippen LogP) is 4.10. The molecule has 0 spiro atoms. The van der Waals surface area contributed by atoms with Crippen molar-refractivity contribution >= 4 is 28.0 Å². The van der Waals surface area contributed by atoms with E-state index in [2.05, 4.69) is 39.3 Å². The summed E-state index contributed by atoms with van der Waals surface area (Å²) >= 11 is 0. The second kappa shape index (κ2) is 8.75. The van der Waals surface area contributed by atoms with Crippen molar-refractivity contribution in [2.75, 3.05) is 31.2 Å². The molecule has 1 aromatic carbocycles. The number of nitrogens with zero attached hydrogens (tertiary/aromatic N) is 2. The van der Waals surface area contributed by atoms with Crippen molar-refractivity contribution in [2.24, 2.45) is 0 Å². The highest BCUT2D eigenvalue weighted by molar-refractivity contribution is 6.70. The molecule has 0 N–H and O–H groups in total. The Morgan fingerprint density at radius 2 is 1.42 bits per heavy atom. The molecule has 0 aliphatic rings. The van der Waals surface area contributed by atoms with Crippen molar-refractivity contribution in [1.29, 1.82) is 0 Å². The van der Waals surface area contributed by atoms with E-state index in [-0.39, 0.29) is 10.6 Å². The Hall–Kier alpha value is -1.23. The molecule has 0 aliphatic carbocycles. The predicted molar refractivity (Wildman–Crippen MR) is 104 cm³/mol. The minimum atomic E-state index is -1.61. The Labute approximate surface area is 147 Å². The van der Waals surface area contributed by atoms with Gasteiger partial charge in [0.2, 0.25) is 0 Å². The van der Waals surface area contributed by atoms with Gasteiger partial charge in [0.05, 0.1) is 18.1 Å². The average molecular weight is 371 g/mol. The van der Waals surface area contributed by atoms with Crippen LogP contribution in [0.5, 0.6) is 0 Å². The van der Waals surface area contributed by atoms with Crippen LogP contribution in [0.3, 0.4) is 0 Å². The summed E-state index contributed by atoms with van der Waals surface area (Å²) in [6.07, 6.45) is 0. The summed E-state index contributed by atoms with van der Waals surface area (Å²) in [5, 5.41) is 11.3. The summed E-state index contributed by atoms with van der Waals surface area (Å²) in [5.74, 6) is 0. The van der Waals surface area contributed by atoms with Gasteiger partial charge in [0.1, 0.15) is 5.69 Å². The molecule has 0 aliphatic heterocycles. The Morgan fingerprint density at radius 3 is 1.83 bits per heavy atom. The number of hydrogen-bond acceptors (Lipinski definition) is 5.